The predicted octanol–water partition coefficient (Wildman–Crippen LogP) is 5.10. The standard InChI is InChI=1S/C13H17BrClN.ClH/c14-11-8-10(6-7-12(11)15)13(16)9-4-2-1-3-5-9;/h6-9,13H,1-5,16H2;1H/t13-;/m1./s1. The molecule has 0 radical (unpaired) electrons. The molecule has 0 aliphatic heterocycles. The quantitative estimate of drug-likeness (QED) is 0.797. The van der Waals surface area contributed by atoms with Gasteiger partial charge in [-0.05, 0) is 52.4 Å². The summed E-state index contributed by atoms with van der Waals surface area (Å²) in [6.07, 6.45) is 6.55. The highest BCUT2D eigenvalue weighted by atomic mass is 79.9. The van der Waals surface area contributed by atoms with Crippen LogP contribution in [0.4, 0.5) is 0 Å². The zero-order valence-electron chi connectivity index (χ0n) is 9.66. The third-order valence-corrected chi connectivity index (χ3v) is 4.70. The number of hydrogen-bond donors (Lipinski definition) is 1. The first kappa shape index (κ1) is 15.3. The molecular weight excluding hydrogens is 321 g/mol. The van der Waals surface area contributed by atoms with Gasteiger partial charge in [0.15, 0.2) is 0 Å². The van der Waals surface area contributed by atoms with E-state index in [2.05, 4.69) is 22.0 Å². The summed E-state index contributed by atoms with van der Waals surface area (Å²) in [4.78, 5) is 0. The van der Waals surface area contributed by atoms with Gasteiger partial charge in [0.2, 0.25) is 0 Å². The van der Waals surface area contributed by atoms with Crippen molar-refractivity contribution in [1.82, 2.24) is 0 Å². The number of rotatable bonds is 2. The molecule has 1 atom stereocenters. The lowest BCUT2D eigenvalue weighted by atomic mass is 9.81. The lowest BCUT2D eigenvalue weighted by Gasteiger charge is -2.27. The van der Waals surface area contributed by atoms with E-state index in [1.807, 2.05) is 12.1 Å². The minimum Gasteiger partial charge on any atom is -0.324 e. The maximum Gasteiger partial charge on any atom is 0.0548 e. The van der Waals surface area contributed by atoms with Crippen molar-refractivity contribution in [2.75, 3.05) is 0 Å². The Morgan fingerprint density at radius 1 is 1.24 bits per heavy atom. The maximum atomic E-state index is 6.32. The summed E-state index contributed by atoms with van der Waals surface area (Å²) in [6, 6.07) is 6.19. The fraction of sp³-hybridized carbons (Fsp3) is 0.538. The highest BCUT2D eigenvalue weighted by Crippen LogP contribution is 2.34. The van der Waals surface area contributed by atoms with Crippen molar-refractivity contribution in [2.45, 2.75) is 38.1 Å². The molecule has 0 heterocycles. The third-order valence-electron chi connectivity index (χ3n) is 3.49. The van der Waals surface area contributed by atoms with Crippen LogP contribution in [-0.2, 0) is 0 Å². The van der Waals surface area contributed by atoms with Crippen LogP contribution in [0.3, 0.4) is 0 Å². The molecule has 1 fully saturated rings. The van der Waals surface area contributed by atoms with Gasteiger partial charge < -0.3 is 5.73 Å². The molecule has 1 aromatic rings. The van der Waals surface area contributed by atoms with Crippen molar-refractivity contribution in [2.24, 2.45) is 11.7 Å². The Kier molecular flexibility index (Phi) is 6.28. The van der Waals surface area contributed by atoms with Crippen LogP contribution in [0.15, 0.2) is 22.7 Å². The predicted molar refractivity (Wildman–Crippen MR) is 79.9 cm³/mol. The summed E-state index contributed by atoms with van der Waals surface area (Å²) in [7, 11) is 0. The first-order valence-corrected chi connectivity index (χ1v) is 7.06. The minimum atomic E-state index is 0. The molecule has 96 valence electrons. The average molecular weight is 339 g/mol. The third kappa shape index (κ3) is 3.85. The van der Waals surface area contributed by atoms with Gasteiger partial charge >= 0.3 is 0 Å². The van der Waals surface area contributed by atoms with E-state index in [4.69, 9.17) is 17.3 Å². The molecule has 0 bridgehead atoms. The van der Waals surface area contributed by atoms with E-state index in [9.17, 15) is 0 Å². The molecule has 0 unspecified atom stereocenters. The maximum absolute atomic E-state index is 6.32. The number of hydrogen-bond acceptors (Lipinski definition) is 1. The lowest BCUT2D eigenvalue weighted by Crippen LogP contribution is -2.23. The van der Waals surface area contributed by atoms with E-state index in [0.29, 0.717) is 5.92 Å². The molecule has 0 spiro atoms. The topological polar surface area (TPSA) is 26.0 Å². The first-order chi connectivity index (χ1) is 7.68. The van der Waals surface area contributed by atoms with Gasteiger partial charge in [-0.3, -0.25) is 0 Å². The van der Waals surface area contributed by atoms with Gasteiger partial charge in [-0.25, -0.2) is 0 Å². The Hall–Kier alpha value is 0.240. The summed E-state index contributed by atoms with van der Waals surface area (Å²) in [5.41, 5.74) is 7.52. The molecule has 1 aliphatic rings. The van der Waals surface area contributed by atoms with E-state index >= 15 is 0 Å². The summed E-state index contributed by atoms with van der Waals surface area (Å²) in [6.45, 7) is 0. The smallest absolute Gasteiger partial charge is 0.0548 e. The van der Waals surface area contributed by atoms with E-state index in [1.165, 1.54) is 37.7 Å². The van der Waals surface area contributed by atoms with Crippen LogP contribution in [0.25, 0.3) is 0 Å². The first-order valence-electron chi connectivity index (χ1n) is 5.89. The molecule has 0 aromatic heterocycles. The van der Waals surface area contributed by atoms with Crippen molar-refractivity contribution < 1.29 is 0 Å². The van der Waals surface area contributed by atoms with Crippen molar-refractivity contribution >= 4 is 39.9 Å². The molecule has 17 heavy (non-hydrogen) atoms. The summed E-state index contributed by atoms with van der Waals surface area (Å²) >= 11 is 9.43. The Morgan fingerprint density at radius 3 is 2.47 bits per heavy atom. The second kappa shape index (κ2) is 6.98. The van der Waals surface area contributed by atoms with E-state index in [1.54, 1.807) is 0 Å². The average Bonchev–Trinajstić information content (AvgIpc) is 2.33. The highest BCUT2D eigenvalue weighted by molar-refractivity contribution is 9.10. The minimum absolute atomic E-state index is 0. The van der Waals surface area contributed by atoms with Gasteiger partial charge in [0, 0.05) is 10.5 Å². The molecule has 1 saturated carbocycles. The molecule has 0 amide bonds. The van der Waals surface area contributed by atoms with E-state index in [0.717, 1.165) is 9.50 Å². The van der Waals surface area contributed by atoms with Gasteiger partial charge in [-0.15, -0.1) is 12.4 Å². The fourth-order valence-electron chi connectivity index (χ4n) is 2.49. The molecule has 2 rings (SSSR count). The van der Waals surface area contributed by atoms with E-state index < -0.39 is 0 Å². The summed E-state index contributed by atoms with van der Waals surface area (Å²) in [5.74, 6) is 0.641. The molecule has 1 aromatic carbocycles. The molecular formula is C13H18BrCl2N. The Bertz CT molecular complexity index is 364. The highest BCUT2D eigenvalue weighted by Gasteiger charge is 2.22. The van der Waals surface area contributed by atoms with Crippen LogP contribution in [0.5, 0.6) is 0 Å². The van der Waals surface area contributed by atoms with Crippen molar-refractivity contribution in [3.63, 3.8) is 0 Å². The van der Waals surface area contributed by atoms with Gasteiger partial charge in [-0.1, -0.05) is 36.9 Å². The van der Waals surface area contributed by atoms with Crippen LogP contribution in [-0.4, -0.2) is 0 Å². The van der Waals surface area contributed by atoms with Crippen LogP contribution < -0.4 is 5.73 Å². The number of nitrogens with two attached hydrogens (primary N) is 1. The van der Waals surface area contributed by atoms with Crippen LogP contribution in [0.1, 0.15) is 43.7 Å². The Labute approximate surface area is 123 Å². The fourth-order valence-corrected chi connectivity index (χ4v) is 3.00. The lowest BCUT2D eigenvalue weighted by molar-refractivity contribution is 0.308. The van der Waals surface area contributed by atoms with Crippen molar-refractivity contribution in [1.29, 1.82) is 0 Å². The SMILES string of the molecule is Cl.N[C@@H](c1ccc(Cl)c(Br)c1)C1CCCCC1. The normalized spacial score (nSPS) is 18.5. The van der Waals surface area contributed by atoms with E-state index in [-0.39, 0.29) is 18.4 Å². The second-order valence-electron chi connectivity index (χ2n) is 4.60. The van der Waals surface area contributed by atoms with Crippen molar-refractivity contribution in [3.8, 4) is 0 Å². The molecule has 1 aliphatic carbocycles. The summed E-state index contributed by atoms with van der Waals surface area (Å²) in [5, 5.41) is 0.750. The molecule has 1 nitrogen and oxygen atoms in total. The van der Waals surface area contributed by atoms with Gasteiger partial charge in [0.1, 0.15) is 0 Å². The van der Waals surface area contributed by atoms with Gasteiger partial charge in [0.05, 0.1) is 5.02 Å². The Balaban J connectivity index is 0.00000144. The van der Waals surface area contributed by atoms with Crippen LogP contribution >= 0.6 is 39.9 Å². The van der Waals surface area contributed by atoms with Crippen LogP contribution in [0, 0.1) is 5.92 Å². The molecule has 0 saturated heterocycles. The molecule has 2 N–H and O–H groups in total. The second-order valence-corrected chi connectivity index (χ2v) is 5.86. The van der Waals surface area contributed by atoms with Crippen molar-refractivity contribution in [3.05, 3.63) is 33.3 Å². The largest absolute Gasteiger partial charge is 0.324 e. The van der Waals surface area contributed by atoms with Gasteiger partial charge in [-0.2, -0.15) is 0 Å². The number of halogens is 3. The van der Waals surface area contributed by atoms with Gasteiger partial charge in [0.25, 0.3) is 0 Å². The van der Waals surface area contributed by atoms with Crippen LogP contribution in [0.2, 0.25) is 5.02 Å². The Morgan fingerprint density at radius 2 is 1.88 bits per heavy atom. The zero-order valence-corrected chi connectivity index (χ0v) is 12.8. The molecule has 4 heteroatoms. The summed E-state index contributed by atoms with van der Waals surface area (Å²) < 4.78 is 0.943. The zero-order chi connectivity index (χ0) is 11.5. The monoisotopic (exact) mass is 337 g/mol. The number of benzene rings is 1.